The predicted molar refractivity (Wildman–Crippen MR) is 74.3 cm³/mol. The molecule has 1 aromatic rings. The first kappa shape index (κ1) is 13.4. The third-order valence-corrected chi connectivity index (χ3v) is 4.36. The van der Waals surface area contributed by atoms with E-state index >= 15 is 0 Å². The quantitative estimate of drug-likeness (QED) is 0.846. The molecular formula is C14H22N4O2. The molecule has 1 aromatic heterocycles. The second kappa shape index (κ2) is 5.42. The Bertz CT molecular complexity index is 479. The van der Waals surface area contributed by atoms with Crippen molar-refractivity contribution < 1.29 is 9.32 Å². The molecule has 110 valence electrons. The maximum absolute atomic E-state index is 12.6. The number of carbonyl (C=O) groups is 1. The molecule has 0 bridgehead atoms. The van der Waals surface area contributed by atoms with Crippen LogP contribution < -0.4 is 4.90 Å². The van der Waals surface area contributed by atoms with Gasteiger partial charge in [0.05, 0.1) is 0 Å². The molecule has 20 heavy (non-hydrogen) atoms. The minimum Gasteiger partial charge on any atom is -0.344 e. The van der Waals surface area contributed by atoms with E-state index < -0.39 is 0 Å². The zero-order valence-corrected chi connectivity index (χ0v) is 12.2. The predicted octanol–water partition coefficient (Wildman–Crippen LogP) is 1.99. The number of hydrogen-bond acceptors (Lipinski definition) is 5. The number of hydrogen-bond donors (Lipinski definition) is 0. The molecule has 1 saturated carbocycles. The molecule has 1 atom stereocenters. The fourth-order valence-corrected chi connectivity index (χ4v) is 3.24. The number of carbonyl (C=O) groups excluding carboxylic acids is 1. The lowest BCUT2D eigenvalue weighted by Gasteiger charge is -2.24. The van der Waals surface area contributed by atoms with Gasteiger partial charge in [0.1, 0.15) is 6.04 Å². The van der Waals surface area contributed by atoms with Gasteiger partial charge in [-0.1, -0.05) is 12.8 Å². The van der Waals surface area contributed by atoms with E-state index in [1.54, 1.807) is 0 Å². The summed E-state index contributed by atoms with van der Waals surface area (Å²) in [4.78, 5) is 20.8. The number of amides is 1. The van der Waals surface area contributed by atoms with E-state index in [4.69, 9.17) is 4.52 Å². The monoisotopic (exact) mass is 278 g/mol. The molecule has 0 N–H and O–H groups in total. The van der Waals surface area contributed by atoms with Crippen LogP contribution in [0.1, 0.15) is 50.5 Å². The summed E-state index contributed by atoms with van der Waals surface area (Å²) in [5, 5.41) is 3.95. The van der Waals surface area contributed by atoms with Crippen molar-refractivity contribution in [3.05, 3.63) is 5.89 Å². The van der Waals surface area contributed by atoms with Gasteiger partial charge < -0.3 is 14.3 Å². The summed E-state index contributed by atoms with van der Waals surface area (Å²) >= 11 is 0. The Morgan fingerprint density at radius 2 is 2.00 bits per heavy atom. The molecule has 0 radical (unpaired) electrons. The lowest BCUT2D eigenvalue weighted by molar-refractivity contribution is -0.136. The van der Waals surface area contributed by atoms with Gasteiger partial charge in [0.2, 0.25) is 5.91 Å². The number of aromatic nitrogens is 2. The minimum atomic E-state index is -0.0238. The first-order valence-corrected chi connectivity index (χ1v) is 7.48. The second-order valence-electron chi connectivity index (χ2n) is 6.00. The Hall–Kier alpha value is -1.59. The minimum absolute atomic E-state index is 0.0238. The molecule has 1 saturated heterocycles. The lowest BCUT2D eigenvalue weighted by atomic mass is 10.1. The highest BCUT2D eigenvalue weighted by atomic mass is 16.5. The number of rotatable bonds is 3. The molecular weight excluding hydrogens is 256 g/mol. The van der Waals surface area contributed by atoms with E-state index in [-0.39, 0.29) is 17.9 Å². The molecule has 6 heteroatoms. The smallest absolute Gasteiger partial charge is 0.265 e. The molecule has 1 unspecified atom stereocenters. The molecule has 2 fully saturated rings. The van der Waals surface area contributed by atoms with Gasteiger partial charge in [0.25, 0.3) is 11.8 Å². The summed E-state index contributed by atoms with van der Waals surface area (Å²) < 4.78 is 5.36. The average Bonchev–Trinajstić information content (AvgIpc) is 3.17. The summed E-state index contributed by atoms with van der Waals surface area (Å²) in [6.45, 7) is 0.819. The van der Waals surface area contributed by atoms with Gasteiger partial charge in [0, 0.05) is 26.6 Å². The van der Waals surface area contributed by atoms with Gasteiger partial charge in [0.15, 0.2) is 0 Å². The van der Waals surface area contributed by atoms with Gasteiger partial charge in [-0.2, -0.15) is 4.98 Å². The third kappa shape index (κ3) is 2.39. The Morgan fingerprint density at radius 1 is 1.25 bits per heavy atom. The van der Waals surface area contributed by atoms with Crippen molar-refractivity contribution in [3.63, 3.8) is 0 Å². The summed E-state index contributed by atoms with van der Waals surface area (Å²) in [5.41, 5.74) is 0. The van der Waals surface area contributed by atoms with Crippen LogP contribution >= 0.6 is 0 Å². The molecule has 0 spiro atoms. The third-order valence-electron chi connectivity index (χ3n) is 4.36. The van der Waals surface area contributed by atoms with Crippen molar-refractivity contribution in [1.82, 2.24) is 15.0 Å². The van der Waals surface area contributed by atoms with Crippen molar-refractivity contribution in [2.75, 3.05) is 25.5 Å². The van der Waals surface area contributed by atoms with Gasteiger partial charge >= 0.3 is 0 Å². The normalized spacial score (nSPS) is 23.5. The molecule has 1 aliphatic carbocycles. The van der Waals surface area contributed by atoms with E-state index in [0.29, 0.717) is 11.8 Å². The highest BCUT2D eigenvalue weighted by Gasteiger charge is 2.37. The summed E-state index contributed by atoms with van der Waals surface area (Å²) in [6.07, 6.45) is 6.38. The highest BCUT2D eigenvalue weighted by Crippen LogP contribution is 2.35. The molecule has 2 aliphatic rings. The van der Waals surface area contributed by atoms with Crippen LogP contribution in [0.25, 0.3) is 0 Å². The molecule has 1 aliphatic heterocycles. The van der Waals surface area contributed by atoms with Gasteiger partial charge in [-0.15, -0.1) is 0 Å². The van der Waals surface area contributed by atoms with Gasteiger partial charge in [-0.25, -0.2) is 0 Å². The zero-order valence-electron chi connectivity index (χ0n) is 12.2. The zero-order chi connectivity index (χ0) is 14.1. The van der Waals surface area contributed by atoms with Crippen LogP contribution in [0.5, 0.6) is 0 Å². The Kier molecular flexibility index (Phi) is 3.63. The highest BCUT2D eigenvalue weighted by molar-refractivity contribution is 5.79. The van der Waals surface area contributed by atoms with Gasteiger partial charge in [-0.3, -0.25) is 4.79 Å². The number of nitrogens with zero attached hydrogens (tertiary/aromatic N) is 4. The second-order valence-corrected chi connectivity index (χ2v) is 6.00. The maximum atomic E-state index is 12.6. The largest absolute Gasteiger partial charge is 0.344 e. The Labute approximate surface area is 119 Å². The van der Waals surface area contributed by atoms with Gasteiger partial charge in [-0.05, 0) is 30.8 Å². The summed E-state index contributed by atoms with van der Waals surface area (Å²) in [6, 6.07) is -0.0238. The topological polar surface area (TPSA) is 62.5 Å². The van der Waals surface area contributed by atoms with E-state index in [1.807, 2.05) is 23.9 Å². The lowest BCUT2D eigenvalue weighted by Crippen LogP contribution is -2.35. The van der Waals surface area contributed by atoms with E-state index in [2.05, 4.69) is 10.1 Å². The maximum Gasteiger partial charge on any atom is 0.265 e. The van der Waals surface area contributed by atoms with E-state index in [0.717, 1.165) is 32.2 Å². The van der Waals surface area contributed by atoms with E-state index in [9.17, 15) is 4.79 Å². The van der Waals surface area contributed by atoms with Crippen LogP contribution in [0.15, 0.2) is 4.52 Å². The van der Waals surface area contributed by atoms with Crippen molar-refractivity contribution in [2.45, 2.75) is 44.6 Å². The van der Waals surface area contributed by atoms with Crippen LogP contribution in [0.3, 0.4) is 0 Å². The molecule has 6 nitrogen and oxygen atoms in total. The Balaban J connectivity index is 1.75. The molecule has 3 rings (SSSR count). The fraction of sp³-hybridized carbons (Fsp3) is 0.786. The van der Waals surface area contributed by atoms with Crippen molar-refractivity contribution in [2.24, 2.45) is 5.92 Å². The van der Waals surface area contributed by atoms with Crippen molar-refractivity contribution >= 4 is 11.9 Å². The van der Waals surface area contributed by atoms with Crippen molar-refractivity contribution in [1.29, 1.82) is 0 Å². The average molecular weight is 278 g/mol. The SMILES string of the molecule is CN(C)c1noc(C2CCCN2C(=O)C2CCCC2)n1. The number of anilines is 1. The fourth-order valence-electron chi connectivity index (χ4n) is 3.24. The molecule has 0 aromatic carbocycles. The van der Waals surface area contributed by atoms with Crippen LogP contribution in [-0.4, -0.2) is 41.6 Å². The van der Waals surface area contributed by atoms with E-state index in [1.165, 1.54) is 12.8 Å². The summed E-state index contributed by atoms with van der Waals surface area (Å²) in [5.74, 6) is 1.65. The van der Waals surface area contributed by atoms with Crippen LogP contribution in [0.4, 0.5) is 5.95 Å². The van der Waals surface area contributed by atoms with Crippen molar-refractivity contribution in [3.8, 4) is 0 Å². The summed E-state index contributed by atoms with van der Waals surface area (Å²) in [7, 11) is 3.76. The molecule has 2 heterocycles. The Morgan fingerprint density at radius 3 is 2.65 bits per heavy atom. The first-order valence-electron chi connectivity index (χ1n) is 7.48. The van der Waals surface area contributed by atoms with Crippen LogP contribution in [-0.2, 0) is 4.79 Å². The van der Waals surface area contributed by atoms with Crippen LogP contribution in [0, 0.1) is 5.92 Å². The molecule has 1 amide bonds. The first-order chi connectivity index (χ1) is 9.66. The standard InChI is InChI=1S/C14H22N4O2/c1-17(2)14-15-12(20-16-14)11-8-5-9-18(11)13(19)10-6-3-4-7-10/h10-11H,3-9H2,1-2H3. The number of likely N-dealkylation sites (tertiary alicyclic amines) is 1. The van der Waals surface area contributed by atoms with Crippen LogP contribution in [0.2, 0.25) is 0 Å².